The SMILES string of the molecule is C[C@@H](Nc1ccc(-c2nc(-c3cccc(C(F)(F)F)c3)no2)cn1)C(N)=O. The number of nitrogens with zero attached hydrogens (tertiary/aromatic N) is 3. The largest absolute Gasteiger partial charge is 0.416 e. The van der Waals surface area contributed by atoms with Crippen molar-refractivity contribution in [2.45, 2.75) is 19.1 Å². The molecule has 3 rings (SSSR count). The molecule has 2 aromatic heterocycles. The average Bonchev–Trinajstić information content (AvgIpc) is 3.12. The highest BCUT2D eigenvalue weighted by atomic mass is 19.4. The Hall–Kier alpha value is -3.43. The monoisotopic (exact) mass is 377 g/mol. The number of carbonyl (C=O) groups excluding carboxylic acids is 1. The summed E-state index contributed by atoms with van der Waals surface area (Å²) in [5.74, 6) is 0.0243. The summed E-state index contributed by atoms with van der Waals surface area (Å²) in [5, 5.41) is 6.53. The van der Waals surface area contributed by atoms with Crippen LogP contribution in [0.5, 0.6) is 0 Å². The van der Waals surface area contributed by atoms with E-state index in [1.807, 2.05) is 0 Å². The van der Waals surface area contributed by atoms with Crippen LogP contribution in [0.4, 0.5) is 19.0 Å². The van der Waals surface area contributed by atoms with Crippen molar-refractivity contribution in [2.24, 2.45) is 5.73 Å². The van der Waals surface area contributed by atoms with Gasteiger partial charge in [0.05, 0.1) is 11.1 Å². The molecule has 7 nitrogen and oxygen atoms in total. The van der Waals surface area contributed by atoms with E-state index < -0.39 is 23.7 Å². The number of nitrogens with two attached hydrogens (primary N) is 1. The van der Waals surface area contributed by atoms with E-state index in [9.17, 15) is 18.0 Å². The number of nitrogens with one attached hydrogen (secondary N) is 1. The lowest BCUT2D eigenvalue weighted by atomic mass is 10.1. The molecule has 1 aromatic carbocycles. The van der Waals surface area contributed by atoms with Crippen LogP contribution in [0.25, 0.3) is 22.8 Å². The quantitative estimate of drug-likeness (QED) is 0.708. The van der Waals surface area contributed by atoms with Gasteiger partial charge < -0.3 is 15.6 Å². The van der Waals surface area contributed by atoms with Crippen LogP contribution in [0.3, 0.4) is 0 Å². The van der Waals surface area contributed by atoms with Gasteiger partial charge in [-0.1, -0.05) is 17.3 Å². The molecule has 2 heterocycles. The van der Waals surface area contributed by atoms with Crippen molar-refractivity contribution in [3.05, 3.63) is 48.2 Å². The summed E-state index contributed by atoms with van der Waals surface area (Å²) in [6.07, 6.45) is -3.03. The molecule has 0 saturated carbocycles. The number of alkyl halides is 3. The molecule has 0 aliphatic rings. The summed E-state index contributed by atoms with van der Waals surface area (Å²) in [5.41, 5.74) is 5.02. The third-order valence-electron chi connectivity index (χ3n) is 3.68. The molecule has 0 fully saturated rings. The first-order valence-electron chi connectivity index (χ1n) is 7.77. The van der Waals surface area contributed by atoms with Gasteiger partial charge in [-0.2, -0.15) is 18.2 Å². The van der Waals surface area contributed by atoms with Gasteiger partial charge in [0.15, 0.2) is 0 Å². The van der Waals surface area contributed by atoms with Gasteiger partial charge in [-0.15, -0.1) is 0 Å². The molecule has 1 amide bonds. The Balaban J connectivity index is 1.81. The summed E-state index contributed by atoms with van der Waals surface area (Å²) in [4.78, 5) is 19.3. The number of pyridine rings is 1. The van der Waals surface area contributed by atoms with Gasteiger partial charge in [-0.3, -0.25) is 4.79 Å². The first-order valence-corrected chi connectivity index (χ1v) is 7.77. The van der Waals surface area contributed by atoms with Crippen LogP contribution in [0.2, 0.25) is 0 Å². The smallest absolute Gasteiger partial charge is 0.368 e. The number of carbonyl (C=O) groups is 1. The van der Waals surface area contributed by atoms with Crippen molar-refractivity contribution in [3.63, 3.8) is 0 Å². The standard InChI is InChI=1S/C17H14F3N5O2/c1-9(14(21)26)23-13-6-5-11(8-22-13)16-24-15(25-27-16)10-3-2-4-12(7-10)17(18,19)20/h2-9H,1H3,(H2,21,26)(H,22,23)/t9-/m1/s1. The molecular formula is C17H14F3N5O2. The van der Waals surface area contributed by atoms with Gasteiger partial charge >= 0.3 is 6.18 Å². The topological polar surface area (TPSA) is 107 Å². The van der Waals surface area contributed by atoms with Crippen LogP contribution in [0, 0.1) is 0 Å². The number of benzene rings is 1. The van der Waals surface area contributed by atoms with Crippen molar-refractivity contribution < 1.29 is 22.5 Å². The van der Waals surface area contributed by atoms with E-state index in [0.717, 1.165) is 12.1 Å². The van der Waals surface area contributed by atoms with Crippen molar-refractivity contribution in [2.75, 3.05) is 5.32 Å². The van der Waals surface area contributed by atoms with E-state index in [-0.39, 0.29) is 17.3 Å². The molecule has 140 valence electrons. The zero-order valence-corrected chi connectivity index (χ0v) is 14.0. The van der Waals surface area contributed by atoms with Crippen LogP contribution in [-0.2, 0) is 11.0 Å². The molecule has 10 heteroatoms. The van der Waals surface area contributed by atoms with E-state index in [4.69, 9.17) is 10.3 Å². The van der Waals surface area contributed by atoms with Gasteiger partial charge in [0.2, 0.25) is 11.7 Å². The molecule has 1 atom stereocenters. The lowest BCUT2D eigenvalue weighted by Gasteiger charge is -2.10. The molecular weight excluding hydrogens is 363 g/mol. The van der Waals surface area contributed by atoms with Crippen molar-refractivity contribution in [3.8, 4) is 22.8 Å². The molecule has 0 aliphatic carbocycles. The van der Waals surface area contributed by atoms with E-state index in [0.29, 0.717) is 11.4 Å². The van der Waals surface area contributed by atoms with Gasteiger partial charge in [-0.05, 0) is 31.2 Å². The normalized spacial score (nSPS) is 12.6. The Kier molecular flexibility index (Phi) is 4.80. The fraction of sp³-hybridized carbons (Fsp3) is 0.176. The number of hydrogen-bond donors (Lipinski definition) is 2. The predicted octanol–water partition coefficient (Wildman–Crippen LogP) is 3.10. The highest BCUT2D eigenvalue weighted by molar-refractivity contribution is 5.82. The highest BCUT2D eigenvalue weighted by Crippen LogP contribution is 2.32. The second kappa shape index (κ2) is 7.06. The number of aromatic nitrogens is 3. The number of halogens is 3. The Morgan fingerprint density at radius 2 is 2.00 bits per heavy atom. The van der Waals surface area contributed by atoms with Crippen LogP contribution in [0.15, 0.2) is 47.1 Å². The average molecular weight is 377 g/mol. The summed E-state index contributed by atoms with van der Waals surface area (Å²) >= 11 is 0. The summed E-state index contributed by atoms with van der Waals surface area (Å²) in [6, 6.07) is 7.25. The maximum absolute atomic E-state index is 12.8. The molecule has 3 aromatic rings. The van der Waals surface area contributed by atoms with Crippen LogP contribution in [0.1, 0.15) is 12.5 Å². The van der Waals surface area contributed by atoms with Gasteiger partial charge in [0.1, 0.15) is 11.9 Å². The molecule has 0 bridgehead atoms. The van der Waals surface area contributed by atoms with E-state index in [2.05, 4.69) is 20.4 Å². The lowest BCUT2D eigenvalue weighted by molar-refractivity contribution is -0.137. The Morgan fingerprint density at radius 3 is 2.63 bits per heavy atom. The Morgan fingerprint density at radius 1 is 1.22 bits per heavy atom. The second-order valence-electron chi connectivity index (χ2n) is 5.70. The zero-order chi connectivity index (χ0) is 19.6. The van der Waals surface area contributed by atoms with Crippen molar-refractivity contribution >= 4 is 11.7 Å². The third kappa shape index (κ3) is 4.22. The highest BCUT2D eigenvalue weighted by Gasteiger charge is 2.30. The first kappa shape index (κ1) is 18.4. The predicted molar refractivity (Wildman–Crippen MR) is 90.2 cm³/mol. The Bertz CT molecular complexity index is 954. The van der Waals surface area contributed by atoms with E-state index >= 15 is 0 Å². The molecule has 0 aliphatic heterocycles. The molecule has 27 heavy (non-hydrogen) atoms. The van der Waals surface area contributed by atoms with Crippen molar-refractivity contribution in [1.29, 1.82) is 0 Å². The molecule has 3 N–H and O–H groups in total. The van der Waals surface area contributed by atoms with Crippen LogP contribution < -0.4 is 11.1 Å². The molecule has 0 spiro atoms. The fourth-order valence-corrected chi connectivity index (χ4v) is 2.19. The molecule has 0 radical (unpaired) electrons. The minimum Gasteiger partial charge on any atom is -0.368 e. The third-order valence-corrected chi connectivity index (χ3v) is 3.68. The number of anilines is 1. The first-order chi connectivity index (χ1) is 12.7. The van der Waals surface area contributed by atoms with Crippen LogP contribution in [-0.4, -0.2) is 27.1 Å². The number of rotatable bonds is 5. The van der Waals surface area contributed by atoms with E-state index in [1.165, 1.54) is 18.3 Å². The molecule has 0 saturated heterocycles. The second-order valence-corrected chi connectivity index (χ2v) is 5.70. The number of hydrogen-bond acceptors (Lipinski definition) is 6. The number of primary amides is 1. The van der Waals surface area contributed by atoms with Crippen molar-refractivity contribution in [1.82, 2.24) is 15.1 Å². The maximum atomic E-state index is 12.8. The van der Waals surface area contributed by atoms with Gasteiger partial charge in [0, 0.05) is 11.8 Å². The molecule has 0 unspecified atom stereocenters. The van der Waals surface area contributed by atoms with Gasteiger partial charge in [-0.25, -0.2) is 4.98 Å². The van der Waals surface area contributed by atoms with E-state index in [1.54, 1.807) is 19.1 Å². The number of amides is 1. The fourth-order valence-electron chi connectivity index (χ4n) is 2.19. The Labute approximate surface area is 151 Å². The summed E-state index contributed by atoms with van der Waals surface area (Å²) < 4.78 is 43.6. The van der Waals surface area contributed by atoms with Crippen LogP contribution >= 0.6 is 0 Å². The minimum atomic E-state index is -4.46. The lowest BCUT2D eigenvalue weighted by Crippen LogP contribution is -2.32. The zero-order valence-electron chi connectivity index (χ0n) is 14.0. The summed E-state index contributed by atoms with van der Waals surface area (Å²) in [7, 11) is 0. The summed E-state index contributed by atoms with van der Waals surface area (Å²) in [6.45, 7) is 1.59. The minimum absolute atomic E-state index is 0.0284. The van der Waals surface area contributed by atoms with Gasteiger partial charge in [0.25, 0.3) is 5.89 Å². The maximum Gasteiger partial charge on any atom is 0.416 e.